The number of nitrogens with zero attached hydrogens (tertiary/aromatic N) is 1. The molecule has 3 rings (SSSR count). The molecule has 8 nitrogen and oxygen atoms in total. The largest absolute Gasteiger partial charge is 0.482 e. The SMILES string of the molecule is C=O.NC(CC(=O)N1CCSC1CCNc1ccc(OCC(=O)O)cc1)Cc1cc(F)c(F)cc1F. The Kier molecular flexibility index (Phi) is 11.5. The van der Waals surface area contributed by atoms with Gasteiger partial charge in [-0.25, -0.2) is 18.0 Å². The summed E-state index contributed by atoms with van der Waals surface area (Å²) in [6.07, 6.45) is 0.579. The summed E-state index contributed by atoms with van der Waals surface area (Å²) in [7, 11) is 0. The van der Waals surface area contributed by atoms with Crippen LogP contribution in [0.4, 0.5) is 18.9 Å². The summed E-state index contributed by atoms with van der Waals surface area (Å²) in [6, 6.07) is 7.43. The van der Waals surface area contributed by atoms with Gasteiger partial charge >= 0.3 is 5.97 Å². The highest BCUT2D eigenvalue weighted by Gasteiger charge is 2.30. The molecule has 0 bridgehead atoms. The van der Waals surface area contributed by atoms with E-state index in [0.29, 0.717) is 31.3 Å². The van der Waals surface area contributed by atoms with E-state index in [-0.39, 0.29) is 29.7 Å². The topological polar surface area (TPSA) is 122 Å². The van der Waals surface area contributed by atoms with Gasteiger partial charge in [0.2, 0.25) is 5.91 Å². The second-order valence-corrected chi connectivity index (χ2v) is 9.15. The van der Waals surface area contributed by atoms with Gasteiger partial charge in [0.25, 0.3) is 0 Å². The van der Waals surface area contributed by atoms with Crippen LogP contribution in [0, 0.1) is 17.5 Å². The number of nitrogens with one attached hydrogen (secondary N) is 1. The molecule has 0 aromatic heterocycles. The van der Waals surface area contributed by atoms with E-state index in [4.69, 9.17) is 20.4 Å². The first-order chi connectivity index (χ1) is 17.2. The van der Waals surface area contributed by atoms with E-state index in [0.717, 1.165) is 17.5 Å². The molecule has 4 N–H and O–H groups in total. The van der Waals surface area contributed by atoms with E-state index in [1.807, 2.05) is 6.79 Å². The fraction of sp³-hybridized carbons (Fsp3) is 0.375. The molecule has 1 fully saturated rings. The minimum Gasteiger partial charge on any atom is -0.482 e. The van der Waals surface area contributed by atoms with E-state index in [2.05, 4.69) is 5.32 Å². The third kappa shape index (κ3) is 8.76. The van der Waals surface area contributed by atoms with Gasteiger partial charge in [-0.15, -0.1) is 11.8 Å². The fourth-order valence-electron chi connectivity index (χ4n) is 3.62. The number of thioether (sulfide) groups is 1. The maximum Gasteiger partial charge on any atom is 0.341 e. The van der Waals surface area contributed by atoms with Crippen molar-refractivity contribution in [3.8, 4) is 5.75 Å². The maximum absolute atomic E-state index is 13.9. The van der Waals surface area contributed by atoms with Crippen LogP contribution in [0.2, 0.25) is 0 Å². The van der Waals surface area contributed by atoms with Gasteiger partial charge in [-0.2, -0.15) is 0 Å². The number of rotatable bonds is 11. The molecule has 36 heavy (non-hydrogen) atoms. The van der Waals surface area contributed by atoms with E-state index in [1.165, 1.54) is 0 Å². The summed E-state index contributed by atoms with van der Waals surface area (Å²) in [4.78, 5) is 33.1. The van der Waals surface area contributed by atoms with Crippen molar-refractivity contribution < 1.29 is 37.4 Å². The number of amides is 1. The maximum atomic E-state index is 13.9. The minimum absolute atomic E-state index is 0.0271. The molecular formula is C24H28F3N3O5S. The van der Waals surface area contributed by atoms with Gasteiger partial charge in [-0.1, -0.05) is 0 Å². The molecule has 1 saturated heterocycles. The number of hydrogen-bond acceptors (Lipinski definition) is 7. The number of benzene rings is 2. The first kappa shape index (κ1) is 29.0. The van der Waals surface area contributed by atoms with Crippen LogP contribution in [0.1, 0.15) is 18.4 Å². The smallest absolute Gasteiger partial charge is 0.341 e. The molecule has 0 radical (unpaired) electrons. The highest BCUT2D eigenvalue weighted by Crippen LogP contribution is 2.28. The van der Waals surface area contributed by atoms with E-state index in [1.54, 1.807) is 40.9 Å². The number of anilines is 1. The predicted octanol–water partition coefficient (Wildman–Crippen LogP) is 3.05. The van der Waals surface area contributed by atoms with Crippen molar-refractivity contribution in [1.29, 1.82) is 0 Å². The van der Waals surface area contributed by atoms with Crippen LogP contribution in [0.3, 0.4) is 0 Å². The van der Waals surface area contributed by atoms with Crippen molar-refractivity contribution in [1.82, 2.24) is 4.90 Å². The summed E-state index contributed by atoms with van der Waals surface area (Å²) in [5.74, 6) is -3.27. The molecule has 2 unspecified atom stereocenters. The van der Waals surface area contributed by atoms with E-state index in [9.17, 15) is 22.8 Å². The van der Waals surface area contributed by atoms with Gasteiger partial charge in [-0.3, -0.25) is 4.79 Å². The molecule has 196 valence electrons. The standard InChI is InChI=1S/C23H26F3N3O4S.CH2O/c24-18-12-20(26)19(25)10-14(18)9-15(27)11-21(30)29-7-8-34-22(29)5-6-28-16-1-3-17(4-2-16)33-13-23(31)32;1-2/h1-4,10,12,15,22,28H,5-9,11,13,27H2,(H,31,32);1H2. The molecular weight excluding hydrogens is 499 g/mol. The number of hydrogen-bond donors (Lipinski definition) is 3. The normalized spacial score (nSPS) is 15.6. The van der Waals surface area contributed by atoms with Crippen molar-refractivity contribution in [2.45, 2.75) is 30.7 Å². The lowest BCUT2D eigenvalue weighted by molar-refractivity contribution is -0.139. The first-order valence-electron chi connectivity index (χ1n) is 11.0. The average Bonchev–Trinajstić information content (AvgIpc) is 3.32. The lowest BCUT2D eigenvalue weighted by atomic mass is 10.0. The van der Waals surface area contributed by atoms with Crippen LogP contribution >= 0.6 is 11.8 Å². The Morgan fingerprint density at radius 1 is 1.17 bits per heavy atom. The summed E-state index contributed by atoms with van der Waals surface area (Å²) < 4.78 is 45.5. The Hall–Kier alpha value is -3.25. The van der Waals surface area contributed by atoms with Gasteiger partial charge in [0.15, 0.2) is 18.2 Å². The van der Waals surface area contributed by atoms with Crippen LogP contribution in [0.25, 0.3) is 0 Å². The Morgan fingerprint density at radius 3 is 2.50 bits per heavy atom. The third-order valence-corrected chi connectivity index (χ3v) is 6.55. The van der Waals surface area contributed by atoms with Gasteiger partial charge in [0, 0.05) is 43.1 Å². The zero-order valence-electron chi connectivity index (χ0n) is 19.4. The van der Waals surface area contributed by atoms with Crippen molar-refractivity contribution in [2.24, 2.45) is 5.73 Å². The second kappa shape index (κ2) is 14.3. The van der Waals surface area contributed by atoms with Gasteiger partial charge < -0.3 is 30.6 Å². The number of carbonyl (C=O) groups is 3. The summed E-state index contributed by atoms with van der Waals surface area (Å²) in [6.45, 7) is 2.77. The molecule has 12 heteroatoms. The highest BCUT2D eigenvalue weighted by molar-refractivity contribution is 8.00. The lowest BCUT2D eigenvalue weighted by Gasteiger charge is -2.25. The monoisotopic (exact) mass is 527 g/mol. The van der Waals surface area contributed by atoms with Crippen molar-refractivity contribution in [3.63, 3.8) is 0 Å². The van der Waals surface area contributed by atoms with Crippen molar-refractivity contribution in [3.05, 3.63) is 59.4 Å². The average molecular weight is 528 g/mol. The number of carboxylic acids is 1. The van der Waals surface area contributed by atoms with Gasteiger partial charge in [-0.05, 0) is 48.7 Å². The molecule has 1 aliphatic heterocycles. The molecule has 1 heterocycles. The summed E-state index contributed by atoms with van der Waals surface area (Å²) in [5.41, 5.74) is 6.78. The molecule has 0 saturated carbocycles. The number of nitrogens with two attached hydrogens (primary N) is 1. The van der Waals surface area contributed by atoms with Crippen LogP contribution < -0.4 is 15.8 Å². The van der Waals surface area contributed by atoms with Crippen molar-refractivity contribution in [2.75, 3.05) is 30.8 Å². The number of carbonyl (C=O) groups excluding carboxylic acids is 2. The van der Waals surface area contributed by atoms with Gasteiger partial charge in [0.05, 0.1) is 5.37 Å². The number of halogens is 3. The zero-order chi connectivity index (χ0) is 26.7. The fourth-order valence-corrected chi connectivity index (χ4v) is 4.88. The molecule has 0 aliphatic carbocycles. The number of ether oxygens (including phenoxy) is 1. The Bertz CT molecular complexity index is 1030. The van der Waals surface area contributed by atoms with Gasteiger partial charge in [0.1, 0.15) is 18.4 Å². The minimum atomic E-state index is -1.26. The molecule has 2 atom stereocenters. The first-order valence-corrected chi connectivity index (χ1v) is 12.0. The number of carboxylic acid groups (broad SMARTS) is 1. The lowest BCUT2D eigenvalue weighted by Crippen LogP contribution is -2.39. The van der Waals surface area contributed by atoms with Crippen LogP contribution in [-0.2, 0) is 20.8 Å². The third-order valence-electron chi connectivity index (χ3n) is 5.26. The number of aliphatic carboxylic acids is 1. The zero-order valence-corrected chi connectivity index (χ0v) is 20.2. The Balaban J connectivity index is 0.00000222. The van der Waals surface area contributed by atoms with E-state index < -0.39 is 36.1 Å². The molecule has 2 aromatic carbocycles. The predicted molar refractivity (Wildman–Crippen MR) is 130 cm³/mol. The summed E-state index contributed by atoms with van der Waals surface area (Å²) in [5, 5.41) is 11.9. The molecule has 2 aromatic rings. The van der Waals surface area contributed by atoms with Crippen LogP contribution in [0.15, 0.2) is 36.4 Å². The van der Waals surface area contributed by atoms with E-state index >= 15 is 0 Å². The van der Waals surface area contributed by atoms with Crippen molar-refractivity contribution >= 4 is 36.1 Å². The molecule has 1 aliphatic rings. The summed E-state index contributed by atoms with van der Waals surface area (Å²) >= 11 is 1.66. The highest BCUT2D eigenvalue weighted by atomic mass is 32.2. The van der Waals surface area contributed by atoms with Crippen LogP contribution in [0.5, 0.6) is 5.75 Å². The molecule has 1 amide bonds. The quantitative estimate of drug-likeness (QED) is 0.381. The second-order valence-electron chi connectivity index (χ2n) is 7.86. The Morgan fingerprint density at radius 2 is 1.83 bits per heavy atom. The molecule has 0 spiro atoms. The van der Waals surface area contributed by atoms with Crippen LogP contribution in [-0.4, -0.2) is 65.5 Å². The Labute approximate surface area is 211 Å².